The molecule has 20 heavy (non-hydrogen) atoms. The van der Waals surface area contributed by atoms with Crippen LogP contribution in [0.15, 0.2) is 24.3 Å². The molecule has 2 rings (SSSR count). The van der Waals surface area contributed by atoms with Crippen LogP contribution in [0.2, 0.25) is 0 Å². The van der Waals surface area contributed by atoms with Crippen molar-refractivity contribution in [3.63, 3.8) is 0 Å². The normalized spacial score (nSPS) is 20.6. The molecule has 1 aromatic carbocycles. The maximum Gasteiger partial charge on any atom is 0.255 e. The fourth-order valence-electron chi connectivity index (χ4n) is 2.30. The van der Waals surface area contributed by atoms with Crippen LogP contribution in [0.4, 0.5) is 0 Å². The summed E-state index contributed by atoms with van der Waals surface area (Å²) in [6.07, 6.45) is 0.621. The molecule has 0 aliphatic carbocycles. The number of sulfone groups is 1. The van der Waals surface area contributed by atoms with Crippen LogP contribution in [0.3, 0.4) is 0 Å². The van der Waals surface area contributed by atoms with E-state index in [0.29, 0.717) is 30.9 Å². The summed E-state index contributed by atoms with van der Waals surface area (Å²) in [6, 6.07) is 7.03. The highest BCUT2D eigenvalue weighted by atomic mass is 32.2. The first kappa shape index (κ1) is 14.8. The Bertz CT molecular complexity index is 583. The highest BCUT2D eigenvalue weighted by Crippen LogP contribution is 2.20. The Kier molecular flexibility index (Phi) is 4.65. The van der Waals surface area contributed by atoms with E-state index in [4.69, 9.17) is 4.74 Å². The predicted octanol–water partition coefficient (Wildman–Crippen LogP) is 1.25. The SMILES string of the molecule is CCOc1ccccc1C(=O)NC[C@H]1CCS(=O)(=O)C1. The van der Waals surface area contributed by atoms with Crippen LogP contribution in [0.1, 0.15) is 23.7 Å². The second-order valence-electron chi connectivity index (χ2n) is 4.91. The minimum Gasteiger partial charge on any atom is -0.493 e. The maximum absolute atomic E-state index is 12.1. The van der Waals surface area contributed by atoms with Crippen molar-refractivity contribution in [2.75, 3.05) is 24.7 Å². The number of hydrogen-bond acceptors (Lipinski definition) is 4. The van der Waals surface area contributed by atoms with Gasteiger partial charge in [-0.1, -0.05) is 12.1 Å². The van der Waals surface area contributed by atoms with E-state index in [1.807, 2.05) is 13.0 Å². The number of benzene rings is 1. The second-order valence-corrected chi connectivity index (χ2v) is 7.14. The fraction of sp³-hybridized carbons (Fsp3) is 0.500. The number of nitrogens with one attached hydrogen (secondary N) is 1. The molecule has 0 unspecified atom stereocenters. The van der Waals surface area contributed by atoms with Crippen molar-refractivity contribution in [3.8, 4) is 5.75 Å². The monoisotopic (exact) mass is 297 g/mol. The van der Waals surface area contributed by atoms with Crippen LogP contribution in [-0.2, 0) is 9.84 Å². The number of rotatable bonds is 5. The van der Waals surface area contributed by atoms with Crippen molar-refractivity contribution in [1.29, 1.82) is 0 Å². The Morgan fingerprint density at radius 3 is 2.80 bits per heavy atom. The van der Waals surface area contributed by atoms with Crippen molar-refractivity contribution in [3.05, 3.63) is 29.8 Å². The molecule has 1 atom stereocenters. The summed E-state index contributed by atoms with van der Waals surface area (Å²) in [6.45, 7) is 2.74. The van der Waals surface area contributed by atoms with E-state index in [9.17, 15) is 13.2 Å². The van der Waals surface area contributed by atoms with Crippen molar-refractivity contribution in [2.24, 2.45) is 5.92 Å². The zero-order chi connectivity index (χ0) is 14.6. The lowest BCUT2D eigenvalue weighted by Gasteiger charge is -2.12. The summed E-state index contributed by atoms with van der Waals surface area (Å²) in [5, 5.41) is 2.79. The molecule has 1 aliphatic heterocycles. The van der Waals surface area contributed by atoms with E-state index in [1.54, 1.807) is 18.2 Å². The third-order valence-electron chi connectivity index (χ3n) is 3.31. The molecule has 0 aromatic heterocycles. The third-order valence-corrected chi connectivity index (χ3v) is 5.15. The van der Waals surface area contributed by atoms with E-state index >= 15 is 0 Å². The Labute approximate surface area is 119 Å². The molecule has 0 radical (unpaired) electrons. The van der Waals surface area contributed by atoms with Gasteiger partial charge in [0.15, 0.2) is 9.84 Å². The highest BCUT2D eigenvalue weighted by molar-refractivity contribution is 7.91. The second kappa shape index (κ2) is 6.26. The smallest absolute Gasteiger partial charge is 0.255 e. The van der Waals surface area contributed by atoms with Crippen molar-refractivity contribution in [2.45, 2.75) is 13.3 Å². The molecule has 1 fully saturated rings. The number of para-hydroxylation sites is 1. The van der Waals surface area contributed by atoms with Gasteiger partial charge >= 0.3 is 0 Å². The van der Waals surface area contributed by atoms with Gasteiger partial charge in [0.1, 0.15) is 5.75 Å². The number of carbonyl (C=O) groups excluding carboxylic acids is 1. The first-order chi connectivity index (χ1) is 9.52. The number of hydrogen-bond donors (Lipinski definition) is 1. The van der Waals surface area contributed by atoms with Crippen molar-refractivity contribution < 1.29 is 17.9 Å². The number of amides is 1. The minimum absolute atomic E-state index is 0.0169. The van der Waals surface area contributed by atoms with Crippen LogP contribution in [0.5, 0.6) is 5.75 Å². The Morgan fingerprint density at radius 2 is 2.15 bits per heavy atom. The molecule has 1 aliphatic rings. The lowest BCUT2D eigenvalue weighted by Crippen LogP contribution is -2.30. The lowest BCUT2D eigenvalue weighted by atomic mass is 10.1. The van der Waals surface area contributed by atoms with Gasteiger partial charge in [0.2, 0.25) is 0 Å². The van der Waals surface area contributed by atoms with Gasteiger partial charge in [-0.15, -0.1) is 0 Å². The average molecular weight is 297 g/mol. The minimum atomic E-state index is -2.90. The standard InChI is InChI=1S/C14H19NO4S/c1-2-19-13-6-4-3-5-12(13)14(16)15-9-11-7-8-20(17,18)10-11/h3-6,11H,2,7-10H2,1H3,(H,15,16)/t11-/m1/s1. The van der Waals surface area contributed by atoms with Gasteiger partial charge in [0.25, 0.3) is 5.91 Å². The summed E-state index contributed by atoms with van der Waals surface area (Å²) in [4.78, 5) is 12.1. The molecule has 1 amide bonds. The predicted molar refractivity (Wildman–Crippen MR) is 76.7 cm³/mol. The summed E-state index contributed by atoms with van der Waals surface area (Å²) < 4.78 is 28.1. The van der Waals surface area contributed by atoms with Gasteiger partial charge in [-0.25, -0.2) is 8.42 Å². The van der Waals surface area contributed by atoms with Gasteiger partial charge < -0.3 is 10.1 Å². The Morgan fingerprint density at radius 1 is 1.40 bits per heavy atom. The maximum atomic E-state index is 12.1. The number of ether oxygens (including phenoxy) is 1. The Hall–Kier alpha value is -1.56. The van der Waals surface area contributed by atoms with Crippen LogP contribution < -0.4 is 10.1 Å². The van der Waals surface area contributed by atoms with Gasteiger partial charge in [-0.05, 0) is 31.4 Å². The summed E-state index contributed by atoms with van der Waals surface area (Å²) >= 11 is 0. The quantitative estimate of drug-likeness (QED) is 0.888. The molecule has 6 heteroatoms. The third kappa shape index (κ3) is 3.72. The van der Waals surface area contributed by atoms with Crippen LogP contribution >= 0.6 is 0 Å². The van der Waals surface area contributed by atoms with E-state index in [0.717, 1.165) is 0 Å². The molecule has 0 bridgehead atoms. The van der Waals surface area contributed by atoms with Gasteiger partial charge in [-0.2, -0.15) is 0 Å². The highest BCUT2D eigenvalue weighted by Gasteiger charge is 2.28. The molecule has 1 heterocycles. The topological polar surface area (TPSA) is 72.5 Å². The molecule has 1 saturated heterocycles. The van der Waals surface area contributed by atoms with Gasteiger partial charge in [0, 0.05) is 6.54 Å². The van der Waals surface area contributed by atoms with E-state index in [1.165, 1.54) is 0 Å². The van der Waals surface area contributed by atoms with E-state index in [-0.39, 0.29) is 23.3 Å². The molecule has 1 aromatic rings. The van der Waals surface area contributed by atoms with E-state index < -0.39 is 9.84 Å². The largest absolute Gasteiger partial charge is 0.493 e. The van der Waals surface area contributed by atoms with Gasteiger partial charge in [0.05, 0.1) is 23.7 Å². The lowest BCUT2D eigenvalue weighted by molar-refractivity contribution is 0.0944. The first-order valence-electron chi connectivity index (χ1n) is 6.72. The summed E-state index contributed by atoms with van der Waals surface area (Å²) in [5.41, 5.74) is 0.482. The van der Waals surface area contributed by atoms with Crippen molar-refractivity contribution in [1.82, 2.24) is 5.32 Å². The molecule has 0 saturated carbocycles. The molecule has 0 spiro atoms. The molecular formula is C14H19NO4S. The van der Waals surface area contributed by atoms with Crippen molar-refractivity contribution >= 4 is 15.7 Å². The van der Waals surface area contributed by atoms with E-state index in [2.05, 4.69) is 5.32 Å². The fourth-order valence-corrected chi connectivity index (χ4v) is 4.16. The van der Waals surface area contributed by atoms with Crippen LogP contribution in [0, 0.1) is 5.92 Å². The Balaban J connectivity index is 1.95. The molecule has 5 nitrogen and oxygen atoms in total. The van der Waals surface area contributed by atoms with Crippen LogP contribution in [0.25, 0.3) is 0 Å². The zero-order valence-electron chi connectivity index (χ0n) is 11.5. The first-order valence-corrected chi connectivity index (χ1v) is 8.54. The average Bonchev–Trinajstić information content (AvgIpc) is 2.77. The molecule has 110 valence electrons. The zero-order valence-corrected chi connectivity index (χ0v) is 12.3. The summed E-state index contributed by atoms with van der Waals surface area (Å²) in [7, 11) is -2.90. The summed E-state index contributed by atoms with van der Waals surface area (Å²) in [5.74, 6) is 0.733. The van der Waals surface area contributed by atoms with Crippen LogP contribution in [-0.4, -0.2) is 39.0 Å². The number of carbonyl (C=O) groups is 1. The molecular weight excluding hydrogens is 278 g/mol. The molecule has 1 N–H and O–H groups in total. The van der Waals surface area contributed by atoms with Gasteiger partial charge in [-0.3, -0.25) is 4.79 Å².